The summed E-state index contributed by atoms with van der Waals surface area (Å²) in [6.45, 7) is 0. The number of aromatic nitrogens is 6. The fraction of sp³-hybridized carbons (Fsp3) is 0. The average Bonchev–Trinajstić information content (AvgIpc) is 3.82. The first-order valence-corrected chi connectivity index (χ1v) is 17.1. The van der Waals surface area contributed by atoms with E-state index in [0.29, 0.717) is 23.4 Å². The lowest BCUT2D eigenvalue weighted by molar-refractivity contribution is 0.623. The maximum Gasteiger partial charge on any atom is 0.227 e. The molecule has 0 saturated carbocycles. The number of hydrogen-bond acceptors (Lipinski definition) is 6. The summed E-state index contributed by atoms with van der Waals surface area (Å²) in [6.07, 6.45) is 3.61. The van der Waals surface area contributed by atoms with Crippen LogP contribution in [0.15, 0.2) is 175 Å². The molecule has 0 unspecified atom stereocenters. The molecule has 10 rings (SSSR count). The Bertz CT molecular complexity index is 2870. The number of fused-ring (bicyclic) bond motifs is 5. The van der Waals surface area contributed by atoms with Crippen molar-refractivity contribution in [2.45, 2.75) is 0 Å². The number of benzene rings is 6. The second-order valence-corrected chi connectivity index (χ2v) is 12.6. The van der Waals surface area contributed by atoms with Gasteiger partial charge in [-0.3, -0.25) is 4.98 Å². The molecule has 0 spiro atoms. The monoisotopic (exact) mass is 668 g/mol. The van der Waals surface area contributed by atoms with Crippen molar-refractivity contribution in [3.8, 4) is 62.4 Å². The van der Waals surface area contributed by atoms with Gasteiger partial charge in [0, 0.05) is 45.7 Å². The van der Waals surface area contributed by atoms with Crippen LogP contribution >= 0.6 is 0 Å². The highest BCUT2D eigenvalue weighted by Crippen LogP contribution is 2.39. The van der Waals surface area contributed by atoms with E-state index in [4.69, 9.17) is 24.4 Å². The molecule has 0 fully saturated rings. The van der Waals surface area contributed by atoms with Crippen molar-refractivity contribution in [1.29, 1.82) is 0 Å². The maximum absolute atomic E-state index is 6.48. The normalized spacial score (nSPS) is 11.5. The fourth-order valence-electron chi connectivity index (χ4n) is 6.89. The predicted octanol–water partition coefficient (Wildman–Crippen LogP) is 10.8. The van der Waals surface area contributed by atoms with Gasteiger partial charge in [-0.05, 0) is 77.9 Å². The molecule has 7 heteroatoms. The van der Waals surface area contributed by atoms with Gasteiger partial charge in [0.1, 0.15) is 5.52 Å². The third-order valence-electron chi connectivity index (χ3n) is 9.42. The topological polar surface area (TPSA) is 82.5 Å². The zero-order valence-electron chi connectivity index (χ0n) is 27.8. The maximum atomic E-state index is 6.48. The Morgan fingerprint density at radius 1 is 0.404 bits per heavy atom. The van der Waals surface area contributed by atoms with Crippen molar-refractivity contribution < 1.29 is 4.42 Å². The van der Waals surface area contributed by atoms with Gasteiger partial charge in [-0.25, -0.2) is 19.9 Å². The summed E-state index contributed by atoms with van der Waals surface area (Å²) in [6, 6.07) is 53.4. The Labute approximate surface area is 298 Å². The third-order valence-corrected chi connectivity index (χ3v) is 9.42. The van der Waals surface area contributed by atoms with Crippen LogP contribution in [0.25, 0.3) is 95.3 Å². The number of pyridine rings is 1. The molecule has 0 radical (unpaired) electrons. The highest BCUT2D eigenvalue weighted by atomic mass is 16.3. The quantitative estimate of drug-likeness (QED) is 0.175. The second kappa shape index (κ2) is 12.3. The minimum atomic E-state index is 0.604. The number of nitrogens with zero attached hydrogens (tertiary/aromatic N) is 6. The van der Waals surface area contributed by atoms with Crippen LogP contribution < -0.4 is 0 Å². The smallest absolute Gasteiger partial charge is 0.227 e. The summed E-state index contributed by atoms with van der Waals surface area (Å²) < 4.78 is 8.75. The summed E-state index contributed by atoms with van der Waals surface area (Å²) in [5.41, 5.74) is 10.6. The Kier molecular flexibility index (Phi) is 6.99. The van der Waals surface area contributed by atoms with Crippen molar-refractivity contribution in [3.63, 3.8) is 0 Å². The van der Waals surface area contributed by atoms with Gasteiger partial charge in [0.15, 0.2) is 23.1 Å². The summed E-state index contributed by atoms with van der Waals surface area (Å²) in [4.78, 5) is 23.9. The van der Waals surface area contributed by atoms with Crippen LogP contribution in [-0.2, 0) is 0 Å². The molecule has 0 bridgehead atoms. The Hall–Kier alpha value is -7.25. The standard InChI is InChI=1S/C45H28N6O/c1-3-9-31(10-4-1)42-48-43(32-17-15-29(16-18-32)30-25-27-46-28-26-30)50-44(49-42)33-19-21-35(22-20-33)51-38-14-8-7-13-36(38)40-39(51)24-23-37-41(40)52-45(47-37)34-11-5-2-6-12-34/h1-28H. The number of rotatable bonds is 6. The molecule has 4 aromatic heterocycles. The number of para-hydroxylation sites is 1. The van der Waals surface area contributed by atoms with E-state index in [0.717, 1.165) is 72.0 Å². The van der Waals surface area contributed by atoms with Crippen LogP contribution in [0, 0.1) is 0 Å². The molecule has 52 heavy (non-hydrogen) atoms. The predicted molar refractivity (Wildman–Crippen MR) is 207 cm³/mol. The van der Waals surface area contributed by atoms with Gasteiger partial charge < -0.3 is 8.98 Å². The first-order valence-electron chi connectivity index (χ1n) is 17.1. The molecule has 0 atom stereocenters. The highest BCUT2D eigenvalue weighted by molar-refractivity contribution is 6.19. The molecule has 244 valence electrons. The molecular weight excluding hydrogens is 641 g/mol. The summed E-state index contributed by atoms with van der Waals surface area (Å²) in [7, 11) is 0. The zero-order chi connectivity index (χ0) is 34.4. The lowest BCUT2D eigenvalue weighted by Gasteiger charge is -2.11. The molecule has 10 aromatic rings. The van der Waals surface area contributed by atoms with Crippen molar-refractivity contribution in [3.05, 3.63) is 170 Å². The summed E-state index contributed by atoms with van der Waals surface area (Å²) in [5, 5.41) is 2.14. The third kappa shape index (κ3) is 5.11. The fourth-order valence-corrected chi connectivity index (χ4v) is 6.89. The van der Waals surface area contributed by atoms with E-state index in [1.807, 2.05) is 78.9 Å². The molecule has 0 aliphatic rings. The van der Waals surface area contributed by atoms with E-state index >= 15 is 0 Å². The van der Waals surface area contributed by atoms with E-state index in [9.17, 15) is 0 Å². The molecule has 0 N–H and O–H groups in total. The van der Waals surface area contributed by atoms with Crippen LogP contribution in [0.5, 0.6) is 0 Å². The van der Waals surface area contributed by atoms with Gasteiger partial charge in [0.05, 0.1) is 16.4 Å². The molecule has 7 nitrogen and oxygen atoms in total. The molecule has 0 amide bonds. The zero-order valence-corrected chi connectivity index (χ0v) is 27.8. The average molecular weight is 669 g/mol. The molecule has 4 heterocycles. The van der Waals surface area contributed by atoms with E-state index in [-0.39, 0.29) is 0 Å². The lowest BCUT2D eigenvalue weighted by atomic mass is 10.0. The van der Waals surface area contributed by atoms with Crippen molar-refractivity contribution in [2.24, 2.45) is 0 Å². The van der Waals surface area contributed by atoms with Gasteiger partial charge in [-0.15, -0.1) is 0 Å². The SMILES string of the molecule is c1ccc(-c2nc(-c3ccc(-c4ccncc4)cc3)nc(-c3ccc(-n4c5ccccc5c5c6oc(-c7ccccc7)nc6ccc54)cc3)n2)cc1. The van der Waals surface area contributed by atoms with Crippen LogP contribution in [-0.4, -0.2) is 29.5 Å². The first kappa shape index (κ1) is 29.6. The van der Waals surface area contributed by atoms with Gasteiger partial charge in [0.2, 0.25) is 5.89 Å². The van der Waals surface area contributed by atoms with E-state index < -0.39 is 0 Å². The first-order chi connectivity index (χ1) is 25.8. The van der Waals surface area contributed by atoms with Crippen molar-refractivity contribution in [1.82, 2.24) is 29.5 Å². The molecule has 0 aliphatic carbocycles. The Morgan fingerprint density at radius 3 is 1.62 bits per heavy atom. The molecule has 0 saturated heterocycles. The van der Waals surface area contributed by atoms with Gasteiger partial charge in [-0.2, -0.15) is 0 Å². The molecule has 6 aromatic carbocycles. The largest absolute Gasteiger partial charge is 0.435 e. The Balaban J connectivity index is 1.07. The van der Waals surface area contributed by atoms with Crippen molar-refractivity contribution >= 4 is 32.9 Å². The van der Waals surface area contributed by atoms with Crippen LogP contribution in [0.3, 0.4) is 0 Å². The summed E-state index contributed by atoms with van der Waals surface area (Å²) in [5.74, 6) is 2.45. The van der Waals surface area contributed by atoms with Crippen LogP contribution in [0.1, 0.15) is 0 Å². The number of oxazole rings is 1. The molecular formula is C45H28N6O. The van der Waals surface area contributed by atoms with Crippen molar-refractivity contribution in [2.75, 3.05) is 0 Å². The van der Waals surface area contributed by atoms with Crippen LogP contribution in [0.2, 0.25) is 0 Å². The van der Waals surface area contributed by atoms with E-state index in [1.165, 1.54) is 0 Å². The lowest BCUT2D eigenvalue weighted by Crippen LogP contribution is -2.00. The van der Waals surface area contributed by atoms with Gasteiger partial charge >= 0.3 is 0 Å². The van der Waals surface area contributed by atoms with E-state index in [2.05, 4.69) is 88.4 Å². The Morgan fingerprint density at radius 2 is 0.942 bits per heavy atom. The number of hydrogen-bond donors (Lipinski definition) is 0. The highest BCUT2D eigenvalue weighted by Gasteiger charge is 2.19. The van der Waals surface area contributed by atoms with Gasteiger partial charge in [0.25, 0.3) is 0 Å². The van der Waals surface area contributed by atoms with Crippen LogP contribution in [0.4, 0.5) is 0 Å². The minimum absolute atomic E-state index is 0.604. The summed E-state index contributed by atoms with van der Waals surface area (Å²) >= 11 is 0. The minimum Gasteiger partial charge on any atom is -0.435 e. The second-order valence-electron chi connectivity index (χ2n) is 12.6. The molecule has 0 aliphatic heterocycles. The van der Waals surface area contributed by atoms with E-state index in [1.54, 1.807) is 12.4 Å². The van der Waals surface area contributed by atoms with Gasteiger partial charge in [-0.1, -0.05) is 91.0 Å².